The van der Waals surface area contributed by atoms with Gasteiger partial charge in [0, 0.05) is 4.83 Å². The molecular weight excluding hydrogens is 184 g/mol. The average molecular weight is 193 g/mol. The molecule has 0 heterocycles. The Kier molecular flexibility index (Phi) is 2.11. The maximum Gasteiger partial charge on any atom is 0.309 e. The Hall–Kier alpha value is -0.0500. The predicted octanol–water partition coefficient (Wildman–Crippen LogP) is 1.33. The molecule has 52 valence electrons. The Morgan fingerprint density at radius 1 is 1.67 bits per heavy atom. The Balaban J connectivity index is 2.35. The molecule has 1 fully saturated rings. The molecule has 0 bridgehead atoms. The van der Waals surface area contributed by atoms with Crippen LogP contribution in [0.3, 0.4) is 0 Å². The van der Waals surface area contributed by atoms with Gasteiger partial charge in [-0.05, 0) is 12.8 Å². The number of methoxy groups -OCH3 is 1. The van der Waals surface area contributed by atoms with Crippen molar-refractivity contribution >= 4 is 21.9 Å². The lowest BCUT2D eigenvalue weighted by atomic mass is 9.85. The first-order valence-corrected chi connectivity index (χ1v) is 3.89. The van der Waals surface area contributed by atoms with Crippen LogP contribution in [0.4, 0.5) is 0 Å². The Morgan fingerprint density at radius 2 is 2.33 bits per heavy atom. The van der Waals surface area contributed by atoms with E-state index in [1.165, 1.54) is 7.11 Å². The minimum atomic E-state index is -0.0804. The minimum absolute atomic E-state index is 0.0804. The second-order valence-corrected chi connectivity index (χ2v) is 3.40. The molecule has 2 nitrogen and oxygen atoms in total. The molecule has 0 aliphatic heterocycles. The van der Waals surface area contributed by atoms with Gasteiger partial charge in [0.15, 0.2) is 0 Å². The second kappa shape index (κ2) is 2.69. The van der Waals surface area contributed by atoms with Crippen molar-refractivity contribution in [2.45, 2.75) is 17.7 Å². The third-order valence-corrected chi connectivity index (χ3v) is 2.79. The zero-order valence-electron chi connectivity index (χ0n) is 5.26. The molecule has 0 saturated heterocycles. The van der Waals surface area contributed by atoms with Crippen LogP contribution in [0.1, 0.15) is 12.8 Å². The zero-order chi connectivity index (χ0) is 6.85. The molecule has 1 saturated carbocycles. The molecule has 9 heavy (non-hydrogen) atoms. The highest BCUT2D eigenvalue weighted by atomic mass is 79.9. The van der Waals surface area contributed by atoms with Gasteiger partial charge in [0.2, 0.25) is 0 Å². The first-order valence-electron chi connectivity index (χ1n) is 2.97. The van der Waals surface area contributed by atoms with Crippen molar-refractivity contribution in [1.29, 1.82) is 0 Å². The molecule has 1 aliphatic carbocycles. The van der Waals surface area contributed by atoms with Crippen molar-refractivity contribution in [2.24, 2.45) is 5.92 Å². The molecule has 0 aromatic carbocycles. The molecule has 0 radical (unpaired) electrons. The van der Waals surface area contributed by atoms with Gasteiger partial charge in [-0.2, -0.15) is 0 Å². The van der Waals surface area contributed by atoms with Crippen LogP contribution in [0.25, 0.3) is 0 Å². The maximum atomic E-state index is 10.8. The van der Waals surface area contributed by atoms with E-state index in [1.807, 2.05) is 0 Å². The topological polar surface area (TPSA) is 26.3 Å². The van der Waals surface area contributed by atoms with E-state index in [4.69, 9.17) is 0 Å². The van der Waals surface area contributed by atoms with Crippen LogP contribution in [-0.4, -0.2) is 17.9 Å². The van der Waals surface area contributed by atoms with E-state index >= 15 is 0 Å². The molecule has 3 heteroatoms. The molecular formula is C6H9BrO2. The predicted molar refractivity (Wildman–Crippen MR) is 37.5 cm³/mol. The summed E-state index contributed by atoms with van der Waals surface area (Å²) in [5, 5.41) is 0. The first-order chi connectivity index (χ1) is 4.25. The summed E-state index contributed by atoms with van der Waals surface area (Å²) in [7, 11) is 1.43. The monoisotopic (exact) mass is 192 g/mol. The summed E-state index contributed by atoms with van der Waals surface area (Å²) in [6, 6.07) is 0. The van der Waals surface area contributed by atoms with Crippen molar-refractivity contribution in [1.82, 2.24) is 0 Å². The highest BCUT2D eigenvalue weighted by Crippen LogP contribution is 2.34. The Labute approximate surface area is 62.7 Å². The number of ether oxygens (including phenoxy) is 1. The van der Waals surface area contributed by atoms with Crippen molar-refractivity contribution in [3.05, 3.63) is 0 Å². The van der Waals surface area contributed by atoms with Crippen LogP contribution in [0.5, 0.6) is 0 Å². The number of halogens is 1. The largest absolute Gasteiger partial charge is 0.469 e. The number of hydrogen-bond acceptors (Lipinski definition) is 2. The lowest BCUT2D eigenvalue weighted by molar-refractivity contribution is -0.147. The Bertz CT molecular complexity index is 124. The molecule has 0 aromatic heterocycles. The van der Waals surface area contributed by atoms with Crippen molar-refractivity contribution < 1.29 is 9.53 Å². The van der Waals surface area contributed by atoms with Gasteiger partial charge >= 0.3 is 5.97 Å². The SMILES string of the molecule is COC(=O)C1CCC1Br. The third kappa shape index (κ3) is 1.26. The Morgan fingerprint density at radius 3 is 2.44 bits per heavy atom. The summed E-state index contributed by atoms with van der Waals surface area (Å²) in [6.45, 7) is 0. The molecule has 1 rings (SSSR count). The number of rotatable bonds is 1. The van der Waals surface area contributed by atoms with E-state index in [1.54, 1.807) is 0 Å². The fourth-order valence-corrected chi connectivity index (χ4v) is 1.62. The van der Waals surface area contributed by atoms with Gasteiger partial charge in [0.25, 0.3) is 0 Å². The summed E-state index contributed by atoms with van der Waals surface area (Å²) < 4.78 is 4.56. The zero-order valence-corrected chi connectivity index (χ0v) is 6.85. The van der Waals surface area contributed by atoms with E-state index in [-0.39, 0.29) is 11.9 Å². The van der Waals surface area contributed by atoms with Crippen molar-refractivity contribution in [3.8, 4) is 0 Å². The van der Waals surface area contributed by atoms with Gasteiger partial charge in [-0.15, -0.1) is 0 Å². The van der Waals surface area contributed by atoms with Crippen LogP contribution in [0.2, 0.25) is 0 Å². The van der Waals surface area contributed by atoms with Crippen molar-refractivity contribution in [2.75, 3.05) is 7.11 Å². The third-order valence-electron chi connectivity index (χ3n) is 1.69. The quantitative estimate of drug-likeness (QED) is 0.463. The van der Waals surface area contributed by atoms with E-state index in [2.05, 4.69) is 20.7 Å². The highest BCUT2D eigenvalue weighted by Gasteiger charge is 2.35. The number of carbonyl (C=O) groups is 1. The van der Waals surface area contributed by atoms with E-state index in [0.29, 0.717) is 4.83 Å². The van der Waals surface area contributed by atoms with Crippen LogP contribution in [-0.2, 0) is 9.53 Å². The molecule has 2 unspecified atom stereocenters. The minimum Gasteiger partial charge on any atom is -0.469 e. The fourth-order valence-electron chi connectivity index (χ4n) is 0.876. The lowest BCUT2D eigenvalue weighted by Crippen LogP contribution is -2.33. The summed E-state index contributed by atoms with van der Waals surface area (Å²) >= 11 is 3.37. The summed E-state index contributed by atoms with van der Waals surface area (Å²) in [6.07, 6.45) is 2.07. The number of carbonyl (C=O) groups excluding carboxylic acids is 1. The van der Waals surface area contributed by atoms with Gasteiger partial charge in [-0.3, -0.25) is 4.79 Å². The standard InChI is InChI=1S/C6H9BrO2/c1-9-6(8)4-2-3-5(4)7/h4-5H,2-3H2,1H3. The number of hydrogen-bond donors (Lipinski definition) is 0. The molecule has 0 amide bonds. The van der Waals surface area contributed by atoms with Gasteiger partial charge in [-0.1, -0.05) is 15.9 Å². The number of esters is 1. The summed E-state index contributed by atoms with van der Waals surface area (Å²) in [5.74, 6) is 0.0399. The van der Waals surface area contributed by atoms with Crippen LogP contribution in [0, 0.1) is 5.92 Å². The van der Waals surface area contributed by atoms with E-state index in [0.717, 1.165) is 12.8 Å². The average Bonchev–Trinajstić information content (AvgIpc) is 1.84. The van der Waals surface area contributed by atoms with E-state index < -0.39 is 0 Å². The van der Waals surface area contributed by atoms with Gasteiger partial charge in [0.05, 0.1) is 13.0 Å². The van der Waals surface area contributed by atoms with Gasteiger partial charge < -0.3 is 4.74 Å². The lowest BCUT2D eigenvalue weighted by Gasteiger charge is -2.29. The van der Waals surface area contributed by atoms with Crippen molar-refractivity contribution in [3.63, 3.8) is 0 Å². The molecule has 0 N–H and O–H groups in total. The van der Waals surface area contributed by atoms with Gasteiger partial charge in [-0.25, -0.2) is 0 Å². The van der Waals surface area contributed by atoms with Crippen LogP contribution < -0.4 is 0 Å². The number of alkyl halides is 1. The molecule has 2 atom stereocenters. The first kappa shape index (κ1) is 7.06. The van der Waals surface area contributed by atoms with Crippen LogP contribution >= 0.6 is 15.9 Å². The summed E-state index contributed by atoms with van der Waals surface area (Å²) in [4.78, 5) is 11.1. The highest BCUT2D eigenvalue weighted by molar-refractivity contribution is 9.09. The fraction of sp³-hybridized carbons (Fsp3) is 0.833. The normalized spacial score (nSPS) is 33.1. The molecule has 0 aromatic rings. The van der Waals surface area contributed by atoms with Crippen LogP contribution in [0.15, 0.2) is 0 Å². The summed E-state index contributed by atoms with van der Waals surface area (Å²) in [5.41, 5.74) is 0. The van der Waals surface area contributed by atoms with Gasteiger partial charge in [0.1, 0.15) is 0 Å². The maximum absolute atomic E-state index is 10.8. The molecule has 0 spiro atoms. The smallest absolute Gasteiger partial charge is 0.309 e. The second-order valence-electron chi connectivity index (χ2n) is 2.22. The molecule has 1 aliphatic rings. The van der Waals surface area contributed by atoms with E-state index in [9.17, 15) is 4.79 Å².